The maximum absolute atomic E-state index is 13.1. The first-order valence-corrected chi connectivity index (χ1v) is 9.63. The number of hydrogen-bond donors (Lipinski definition) is 0. The van der Waals surface area contributed by atoms with Crippen molar-refractivity contribution in [3.05, 3.63) is 70.6 Å². The van der Waals surface area contributed by atoms with Crippen molar-refractivity contribution in [1.29, 1.82) is 0 Å². The molecule has 2 aromatic rings. The molecule has 130 valence electrons. The Bertz CT molecular complexity index is 905. The van der Waals surface area contributed by atoms with E-state index in [0.29, 0.717) is 22.0 Å². The van der Waals surface area contributed by atoms with E-state index in [1.807, 2.05) is 0 Å². The molecule has 5 nitrogen and oxygen atoms in total. The van der Waals surface area contributed by atoms with E-state index in [1.54, 1.807) is 55.6 Å². The first-order valence-electron chi connectivity index (χ1n) is 7.54. The Morgan fingerprint density at radius 3 is 2.28 bits per heavy atom. The first kappa shape index (κ1) is 17.5. The molecule has 1 heterocycles. The Morgan fingerprint density at radius 1 is 1.12 bits per heavy atom. The van der Waals surface area contributed by atoms with E-state index >= 15 is 0 Å². The summed E-state index contributed by atoms with van der Waals surface area (Å²) < 4.78 is 28.7. The molecule has 1 amide bonds. The van der Waals surface area contributed by atoms with Crippen LogP contribution in [0.4, 0.5) is 5.69 Å². The van der Waals surface area contributed by atoms with Gasteiger partial charge in [-0.05, 0) is 54.6 Å². The van der Waals surface area contributed by atoms with Gasteiger partial charge in [0.15, 0.2) is 9.84 Å². The first-order chi connectivity index (χ1) is 11.9. The second-order valence-corrected chi connectivity index (χ2v) is 7.97. The number of methoxy groups -OCH3 is 1. The molecule has 3 rings (SSSR count). The zero-order valence-corrected chi connectivity index (χ0v) is 15.0. The Balaban J connectivity index is 1.99. The van der Waals surface area contributed by atoms with Gasteiger partial charge in [-0.15, -0.1) is 0 Å². The maximum atomic E-state index is 13.1. The van der Waals surface area contributed by atoms with E-state index in [2.05, 4.69) is 0 Å². The van der Waals surface area contributed by atoms with Crippen LogP contribution < -0.4 is 9.64 Å². The molecule has 0 aromatic heterocycles. The lowest BCUT2D eigenvalue weighted by Gasteiger charge is -2.28. The molecule has 0 aliphatic carbocycles. The van der Waals surface area contributed by atoms with Crippen molar-refractivity contribution >= 4 is 33.0 Å². The Hall–Kier alpha value is -2.31. The predicted molar refractivity (Wildman–Crippen MR) is 98.0 cm³/mol. The van der Waals surface area contributed by atoms with Gasteiger partial charge in [-0.25, -0.2) is 8.42 Å². The Labute approximate surface area is 151 Å². The lowest BCUT2D eigenvalue weighted by Crippen LogP contribution is -2.41. The van der Waals surface area contributed by atoms with E-state index in [0.717, 1.165) is 5.41 Å². The number of carbonyl (C=O) groups excluding carboxylic acids is 1. The fourth-order valence-corrected chi connectivity index (χ4v) is 4.05. The van der Waals surface area contributed by atoms with Crippen LogP contribution in [0.3, 0.4) is 0 Å². The summed E-state index contributed by atoms with van der Waals surface area (Å²) in [5.41, 5.74) is 1.02. The van der Waals surface area contributed by atoms with Gasteiger partial charge in [0.25, 0.3) is 5.91 Å². The number of benzene rings is 2. The molecule has 0 saturated carbocycles. The van der Waals surface area contributed by atoms with Gasteiger partial charge in [-0.3, -0.25) is 4.79 Å². The molecule has 0 radical (unpaired) electrons. The van der Waals surface area contributed by atoms with Gasteiger partial charge < -0.3 is 9.64 Å². The van der Waals surface area contributed by atoms with Crippen LogP contribution >= 0.6 is 11.6 Å². The Morgan fingerprint density at radius 2 is 1.76 bits per heavy atom. The molecule has 1 aliphatic heterocycles. The van der Waals surface area contributed by atoms with Crippen LogP contribution in [0.15, 0.2) is 60.0 Å². The number of sulfone groups is 1. The van der Waals surface area contributed by atoms with Crippen LogP contribution in [-0.2, 0) is 9.84 Å². The fraction of sp³-hybridized carbons (Fsp3) is 0.167. The summed E-state index contributed by atoms with van der Waals surface area (Å²) in [6.07, 6.45) is 1.53. The lowest BCUT2D eigenvalue weighted by atomic mass is 10.1. The van der Waals surface area contributed by atoms with Gasteiger partial charge >= 0.3 is 0 Å². The third-order valence-corrected chi connectivity index (χ3v) is 5.53. The summed E-state index contributed by atoms with van der Waals surface area (Å²) in [6.45, 7) is 0. The minimum atomic E-state index is -3.30. The summed E-state index contributed by atoms with van der Waals surface area (Å²) in [7, 11) is -1.76. The van der Waals surface area contributed by atoms with E-state index in [-0.39, 0.29) is 11.7 Å². The van der Waals surface area contributed by atoms with Crippen molar-refractivity contribution in [3.63, 3.8) is 0 Å². The van der Waals surface area contributed by atoms with Gasteiger partial charge in [-0.1, -0.05) is 11.6 Å². The molecule has 7 heteroatoms. The molecule has 2 aromatic carbocycles. The molecule has 0 spiro atoms. The van der Waals surface area contributed by atoms with Crippen LogP contribution in [0.25, 0.3) is 0 Å². The molecular weight excluding hydrogens is 362 g/mol. The van der Waals surface area contributed by atoms with E-state index in [4.69, 9.17) is 16.3 Å². The highest BCUT2D eigenvalue weighted by Gasteiger charge is 2.32. The SMILES string of the molecule is COc1ccc(C(=O)N(c2ccc(Cl)cc2)[C@@H]2C=CS(=O)(=O)C2)cc1. The van der Waals surface area contributed by atoms with Gasteiger partial charge in [0.2, 0.25) is 0 Å². The highest BCUT2D eigenvalue weighted by atomic mass is 35.5. The minimum Gasteiger partial charge on any atom is -0.497 e. The maximum Gasteiger partial charge on any atom is 0.258 e. The standard InChI is InChI=1S/C18H16ClNO4S/c1-24-17-8-2-13(3-9-17)18(21)20(15-6-4-14(19)5-7-15)16-10-11-25(22,23)12-16/h2-11,16H,12H2,1H3/t16-/m1/s1. The van der Waals surface area contributed by atoms with Gasteiger partial charge in [0, 0.05) is 21.7 Å². The van der Waals surface area contributed by atoms with Crippen LogP contribution in [0, 0.1) is 0 Å². The lowest BCUT2D eigenvalue weighted by molar-refractivity contribution is 0.0983. The van der Waals surface area contributed by atoms with Crippen molar-refractivity contribution in [3.8, 4) is 5.75 Å². The normalized spacial score (nSPS) is 18.1. The summed E-state index contributed by atoms with van der Waals surface area (Å²) in [4.78, 5) is 14.5. The van der Waals surface area contributed by atoms with Crippen molar-refractivity contribution in [2.75, 3.05) is 17.8 Å². The van der Waals surface area contributed by atoms with Gasteiger partial charge in [0.05, 0.1) is 18.9 Å². The average Bonchev–Trinajstić information content (AvgIpc) is 2.96. The van der Waals surface area contributed by atoms with Crippen molar-refractivity contribution in [2.24, 2.45) is 0 Å². The number of rotatable bonds is 4. The van der Waals surface area contributed by atoms with Crippen LogP contribution in [0.1, 0.15) is 10.4 Å². The number of anilines is 1. The zero-order valence-electron chi connectivity index (χ0n) is 13.4. The molecule has 0 saturated heterocycles. The summed E-state index contributed by atoms with van der Waals surface area (Å²) in [5.74, 6) is 0.201. The molecule has 1 atom stereocenters. The average molecular weight is 378 g/mol. The largest absolute Gasteiger partial charge is 0.497 e. The zero-order chi connectivity index (χ0) is 18.0. The summed E-state index contributed by atoms with van der Waals surface area (Å²) in [6, 6.07) is 12.8. The van der Waals surface area contributed by atoms with Crippen LogP contribution in [0.2, 0.25) is 5.02 Å². The van der Waals surface area contributed by atoms with Crippen molar-refractivity contribution in [2.45, 2.75) is 6.04 Å². The van der Waals surface area contributed by atoms with Crippen molar-refractivity contribution in [1.82, 2.24) is 0 Å². The highest BCUT2D eigenvalue weighted by molar-refractivity contribution is 7.94. The van der Waals surface area contributed by atoms with E-state index in [1.165, 1.54) is 11.0 Å². The van der Waals surface area contributed by atoms with E-state index < -0.39 is 15.9 Å². The third kappa shape index (κ3) is 3.86. The summed E-state index contributed by atoms with van der Waals surface area (Å²) >= 11 is 5.92. The van der Waals surface area contributed by atoms with Crippen molar-refractivity contribution < 1.29 is 17.9 Å². The molecular formula is C18H16ClNO4S. The number of carbonyl (C=O) groups is 1. The quantitative estimate of drug-likeness (QED) is 0.820. The highest BCUT2D eigenvalue weighted by Crippen LogP contribution is 2.26. The monoisotopic (exact) mass is 377 g/mol. The second-order valence-electron chi connectivity index (χ2n) is 5.61. The third-order valence-electron chi connectivity index (χ3n) is 3.90. The molecule has 1 aliphatic rings. The van der Waals surface area contributed by atoms with Crippen LogP contribution in [0.5, 0.6) is 5.75 Å². The smallest absolute Gasteiger partial charge is 0.258 e. The molecule has 0 N–H and O–H groups in total. The second kappa shape index (κ2) is 6.90. The number of amides is 1. The fourth-order valence-electron chi connectivity index (χ4n) is 2.65. The van der Waals surface area contributed by atoms with Crippen LogP contribution in [-0.4, -0.2) is 33.2 Å². The molecule has 0 bridgehead atoms. The van der Waals surface area contributed by atoms with Gasteiger partial charge in [0.1, 0.15) is 5.75 Å². The topological polar surface area (TPSA) is 63.7 Å². The predicted octanol–water partition coefficient (Wildman–Crippen LogP) is 3.31. The number of nitrogens with zero attached hydrogens (tertiary/aromatic N) is 1. The van der Waals surface area contributed by atoms with E-state index in [9.17, 15) is 13.2 Å². The number of halogens is 1. The number of hydrogen-bond acceptors (Lipinski definition) is 4. The van der Waals surface area contributed by atoms with Gasteiger partial charge in [-0.2, -0.15) is 0 Å². The molecule has 0 unspecified atom stereocenters. The Kier molecular flexibility index (Phi) is 4.83. The number of ether oxygens (including phenoxy) is 1. The minimum absolute atomic E-state index is 0.141. The molecule has 0 fully saturated rings. The molecule has 25 heavy (non-hydrogen) atoms. The summed E-state index contributed by atoms with van der Waals surface area (Å²) in [5, 5.41) is 1.69.